The molecule has 2 heteroatoms. The van der Waals surface area contributed by atoms with E-state index in [0.717, 1.165) is 6.42 Å². The van der Waals surface area contributed by atoms with Crippen LogP contribution >= 0.6 is 11.6 Å². The number of hydrogen-bond acceptors (Lipinski definition) is 1. The quantitative estimate of drug-likeness (QED) is 0.611. The van der Waals surface area contributed by atoms with Gasteiger partial charge in [-0.05, 0) is 19.3 Å². The molecule has 0 heterocycles. The van der Waals surface area contributed by atoms with Crippen LogP contribution in [0.25, 0.3) is 0 Å². The van der Waals surface area contributed by atoms with E-state index in [0.29, 0.717) is 5.92 Å². The number of rotatable bonds is 3. The standard InChI is InChI=1S/C7H16ClN/c1-4-7(9)5(2)6(3)8/h5-7H,4,9H2,1-3H3/t5-,6+,7?/m1/s1. The van der Waals surface area contributed by atoms with Crippen molar-refractivity contribution in [2.75, 3.05) is 0 Å². The van der Waals surface area contributed by atoms with E-state index in [1.165, 1.54) is 0 Å². The molecule has 0 aromatic heterocycles. The smallest absolute Gasteiger partial charge is 0.0348 e. The molecule has 0 fully saturated rings. The summed E-state index contributed by atoms with van der Waals surface area (Å²) in [6.45, 7) is 6.16. The van der Waals surface area contributed by atoms with Gasteiger partial charge < -0.3 is 5.73 Å². The summed E-state index contributed by atoms with van der Waals surface area (Å²) in [5.41, 5.74) is 5.73. The second-order valence-corrected chi connectivity index (χ2v) is 3.30. The highest BCUT2D eigenvalue weighted by Crippen LogP contribution is 2.13. The molecule has 1 nitrogen and oxygen atoms in total. The fourth-order valence-corrected chi connectivity index (χ4v) is 0.899. The van der Waals surface area contributed by atoms with E-state index in [-0.39, 0.29) is 11.4 Å². The highest BCUT2D eigenvalue weighted by atomic mass is 35.5. The molecular weight excluding hydrogens is 134 g/mol. The van der Waals surface area contributed by atoms with Gasteiger partial charge in [-0.3, -0.25) is 0 Å². The zero-order valence-corrected chi connectivity index (χ0v) is 7.15. The van der Waals surface area contributed by atoms with Gasteiger partial charge in [0.15, 0.2) is 0 Å². The van der Waals surface area contributed by atoms with E-state index in [2.05, 4.69) is 13.8 Å². The van der Waals surface area contributed by atoms with Crippen molar-refractivity contribution in [3.05, 3.63) is 0 Å². The van der Waals surface area contributed by atoms with Crippen molar-refractivity contribution in [2.24, 2.45) is 11.7 Å². The van der Waals surface area contributed by atoms with Gasteiger partial charge in [-0.1, -0.05) is 13.8 Å². The third-order valence-electron chi connectivity index (χ3n) is 1.87. The van der Waals surface area contributed by atoms with E-state index < -0.39 is 0 Å². The highest BCUT2D eigenvalue weighted by molar-refractivity contribution is 6.20. The Kier molecular flexibility index (Phi) is 4.24. The second kappa shape index (κ2) is 4.13. The number of hydrogen-bond donors (Lipinski definition) is 1. The topological polar surface area (TPSA) is 26.0 Å². The normalized spacial score (nSPS) is 21.0. The SMILES string of the molecule is CCC(N)[C@H](C)[C@H](C)Cl. The Morgan fingerprint density at radius 3 is 2.00 bits per heavy atom. The van der Waals surface area contributed by atoms with Gasteiger partial charge in [0.2, 0.25) is 0 Å². The summed E-state index contributed by atoms with van der Waals surface area (Å²) in [4.78, 5) is 0. The van der Waals surface area contributed by atoms with Gasteiger partial charge in [0.25, 0.3) is 0 Å². The minimum atomic E-state index is 0.194. The third-order valence-corrected chi connectivity index (χ3v) is 2.27. The molecule has 1 unspecified atom stereocenters. The number of alkyl halides is 1. The molecule has 0 radical (unpaired) electrons. The van der Waals surface area contributed by atoms with Crippen LogP contribution < -0.4 is 5.73 Å². The molecule has 0 spiro atoms. The summed E-state index contributed by atoms with van der Waals surface area (Å²) in [5, 5.41) is 0.194. The first-order chi connectivity index (χ1) is 4.09. The summed E-state index contributed by atoms with van der Waals surface area (Å²) < 4.78 is 0. The molecule has 0 rings (SSSR count). The average Bonchev–Trinajstić information content (AvgIpc) is 1.84. The van der Waals surface area contributed by atoms with Crippen molar-refractivity contribution < 1.29 is 0 Å². The van der Waals surface area contributed by atoms with Crippen LogP contribution in [0.1, 0.15) is 27.2 Å². The predicted octanol–water partition coefficient (Wildman–Crippen LogP) is 1.99. The minimum Gasteiger partial charge on any atom is -0.327 e. The van der Waals surface area contributed by atoms with Crippen LogP contribution in [0.5, 0.6) is 0 Å². The van der Waals surface area contributed by atoms with Crippen molar-refractivity contribution in [1.29, 1.82) is 0 Å². The van der Waals surface area contributed by atoms with Gasteiger partial charge in [-0.25, -0.2) is 0 Å². The molecule has 0 amide bonds. The molecule has 9 heavy (non-hydrogen) atoms. The summed E-state index contributed by atoms with van der Waals surface area (Å²) in [6, 6.07) is 0.262. The molecule has 0 saturated carbocycles. The Balaban J connectivity index is 3.58. The lowest BCUT2D eigenvalue weighted by Gasteiger charge is -2.19. The monoisotopic (exact) mass is 149 g/mol. The molecule has 0 aromatic rings. The van der Waals surface area contributed by atoms with Crippen LogP contribution in [0, 0.1) is 5.92 Å². The van der Waals surface area contributed by atoms with Crippen LogP contribution in [0.2, 0.25) is 0 Å². The zero-order chi connectivity index (χ0) is 7.44. The van der Waals surface area contributed by atoms with Crippen LogP contribution in [-0.4, -0.2) is 11.4 Å². The van der Waals surface area contributed by atoms with Crippen LogP contribution in [0.4, 0.5) is 0 Å². The average molecular weight is 150 g/mol. The Morgan fingerprint density at radius 1 is 1.44 bits per heavy atom. The molecule has 0 aliphatic rings. The van der Waals surface area contributed by atoms with Gasteiger partial charge in [0.1, 0.15) is 0 Å². The van der Waals surface area contributed by atoms with Gasteiger partial charge in [-0.2, -0.15) is 0 Å². The Hall–Kier alpha value is 0.250. The van der Waals surface area contributed by atoms with E-state index in [4.69, 9.17) is 17.3 Å². The lowest BCUT2D eigenvalue weighted by molar-refractivity contribution is 0.438. The van der Waals surface area contributed by atoms with Crippen molar-refractivity contribution >= 4 is 11.6 Å². The Bertz CT molecular complexity index is 73.3. The van der Waals surface area contributed by atoms with Gasteiger partial charge >= 0.3 is 0 Å². The molecule has 0 bridgehead atoms. The van der Waals surface area contributed by atoms with Gasteiger partial charge in [-0.15, -0.1) is 11.6 Å². The third kappa shape index (κ3) is 3.07. The Morgan fingerprint density at radius 2 is 1.89 bits per heavy atom. The van der Waals surface area contributed by atoms with E-state index in [1.54, 1.807) is 0 Å². The van der Waals surface area contributed by atoms with Crippen molar-refractivity contribution in [1.82, 2.24) is 0 Å². The zero-order valence-electron chi connectivity index (χ0n) is 6.39. The lowest BCUT2D eigenvalue weighted by atomic mass is 9.98. The summed E-state index contributed by atoms with van der Waals surface area (Å²) in [5.74, 6) is 0.427. The summed E-state index contributed by atoms with van der Waals surface area (Å²) in [7, 11) is 0. The predicted molar refractivity (Wildman–Crippen MR) is 42.7 cm³/mol. The van der Waals surface area contributed by atoms with Gasteiger partial charge in [0.05, 0.1) is 0 Å². The van der Waals surface area contributed by atoms with Crippen molar-refractivity contribution in [2.45, 2.75) is 38.6 Å². The molecule has 0 saturated heterocycles. The minimum absolute atomic E-state index is 0.194. The Labute approximate surface area is 62.6 Å². The molecule has 0 aromatic carbocycles. The number of nitrogens with two attached hydrogens (primary N) is 1. The molecule has 2 N–H and O–H groups in total. The van der Waals surface area contributed by atoms with Crippen LogP contribution in [0.15, 0.2) is 0 Å². The largest absolute Gasteiger partial charge is 0.327 e. The molecular formula is C7H16ClN. The van der Waals surface area contributed by atoms with Crippen molar-refractivity contribution in [3.8, 4) is 0 Å². The maximum absolute atomic E-state index is 5.82. The molecule has 0 aliphatic carbocycles. The van der Waals surface area contributed by atoms with Crippen molar-refractivity contribution in [3.63, 3.8) is 0 Å². The fourth-order valence-electron chi connectivity index (χ4n) is 0.712. The number of halogens is 1. The second-order valence-electron chi connectivity index (χ2n) is 2.61. The molecule has 0 aliphatic heterocycles. The summed E-state index contributed by atoms with van der Waals surface area (Å²) >= 11 is 5.82. The van der Waals surface area contributed by atoms with E-state index >= 15 is 0 Å². The molecule has 56 valence electrons. The highest BCUT2D eigenvalue weighted by Gasteiger charge is 2.14. The summed E-state index contributed by atoms with van der Waals surface area (Å²) in [6.07, 6.45) is 1.01. The van der Waals surface area contributed by atoms with E-state index in [9.17, 15) is 0 Å². The maximum atomic E-state index is 5.82. The van der Waals surface area contributed by atoms with Crippen LogP contribution in [-0.2, 0) is 0 Å². The fraction of sp³-hybridized carbons (Fsp3) is 1.00. The lowest BCUT2D eigenvalue weighted by Crippen LogP contribution is -2.31. The first-order valence-corrected chi connectivity index (χ1v) is 3.92. The molecule has 3 atom stereocenters. The maximum Gasteiger partial charge on any atom is 0.0348 e. The van der Waals surface area contributed by atoms with Crippen LogP contribution in [0.3, 0.4) is 0 Å². The van der Waals surface area contributed by atoms with Gasteiger partial charge in [0, 0.05) is 11.4 Å². The first-order valence-electron chi connectivity index (χ1n) is 3.49. The van der Waals surface area contributed by atoms with E-state index in [1.807, 2.05) is 6.92 Å². The first kappa shape index (κ1) is 9.25.